The maximum absolute atomic E-state index is 15.4. The number of aromatic nitrogens is 8. The molecule has 2 aromatic carbocycles. The molecule has 14 nitrogen and oxygen atoms in total. The highest BCUT2D eigenvalue weighted by molar-refractivity contribution is 6.34. The van der Waals surface area contributed by atoms with Crippen molar-refractivity contribution in [1.82, 2.24) is 38.7 Å². The van der Waals surface area contributed by atoms with Crippen molar-refractivity contribution in [2.45, 2.75) is 65.6 Å². The van der Waals surface area contributed by atoms with E-state index in [0.717, 1.165) is 0 Å². The van der Waals surface area contributed by atoms with E-state index < -0.39 is 23.5 Å². The number of aliphatic hydroxyl groups is 2. The van der Waals surface area contributed by atoms with E-state index in [1.807, 2.05) is 41.5 Å². The molecule has 8 aromatic rings. The number of imidazole rings is 2. The van der Waals surface area contributed by atoms with Crippen molar-refractivity contribution in [2.75, 3.05) is 11.5 Å². The first kappa shape index (κ1) is 49.2. The highest BCUT2D eigenvalue weighted by Gasteiger charge is 2.30. The lowest BCUT2D eigenvalue weighted by atomic mass is 9.93. The second-order valence-electron chi connectivity index (χ2n) is 16.0. The molecular formula is C48H44Cl4F2N10O4. The molecule has 0 spiro atoms. The minimum atomic E-state index is -0.648. The largest absolute Gasteiger partial charge is 0.506 e. The molecule has 0 aliphatic rings. The SMILES string of the molecule is C=C(O)c1ccc(-c2c(F)c(Cl)cc([C@@H](C)c3nc(Cl)c4c(N)nccn34)c2OC(C)C)cn1.C=C(O)c1ccc(-c2c(F)c(Cl)cc([C@H](C)c3nc(Cl)c4c(N)nccn34)c2OC(C)C)cn1. The molecule has 6 aromatic heterocycles. The molecule has 6 heterocycles. The lowest BCUT2D eigenvalue weighted by Gasteiger charge is -2.23. The van der Waals surface area contributed by atoms with Crippen LogP contribution in [0.25, 0.3) is 44.8 Å². The van der Waals surface area contributed by atoms with Gasteiger partial charge in [0, 0.05) is 71.3 Å². The molecule has 352 valence electrons. The zero-order valence-electron chi connectivity index (χ0n) is 37.4. The first-order valence-corrected chi connectivity index (χ1v) is 22.3. The van der Waals surface area contributed by atoms with E-state index in [4.69, 9.17) is 67.3 Å². The van der Waals surface area contributed by atoms with Crippen molar-refractivity contribution in [1.29, 1.82) is 0 Å². The van der Waals surface area contributed by atoms with Crippen LogP contribution in [0.3, 0.4) is 0 Å². The molecule has 0 unspecified atom stereocenters. The van der Waals surface area contributed by atoms with Crippen molar-refractivity contribution in [3.63, 3.8) is 0 Å². The van der Waals surface area contributed by atoms with Crippen LogP contribution in [-0.4, -0.2) is 61.1 Å². The number of nitrogens with zero attached hydrogens (tertiary/aromatic N) is 8. The molecule has 0 radical (unpaired) electrons. The van der Waals surface area contributed by atoms with Crippen molar-refractivity contribution in [3.05, 3.63) is 153 Å². The van der Waals surface area contributed by atoms with Gasteiger partial charge < -0.3 is 31.2 Å². The summed E-state index contributed by atoms with van der Waals surface area (Å²) < 4.78 is 46.6. The monoisotopic (exact) mass is 1000 g/mol. The van der Waals surface area contributed by atoms with Gasteiger partial charge in [-0.1, -0.05) is 85.5 Å². The lowest BCUT2D eigenvalue weighted by molar-refractivity contribution is 0.239. The third-order valence-corrected chi connectivity index (χ3v) is 11.7. The van der Waals surface area contributed by atoms with Gasteiger partial charge >= 0.3 is 0 Å². The van der Waals surface area contributed by atoms with Gasteiger partial charge in [0.15, 0.2) is 33.6 Å². The summed E-state index contributed by atoms with van der Waals surface area (Å²) in [4.78, 5) is 25.5. The maximum atomic E-state index is 15.4. The number of ether oxygens (including phenoxy) is 2. The number of pyridine rings is 2. The quantitative estimate of drug-likeness (QED) is 0.0846. The number of hydrogen-bond acceptors (Lipinski definition) is 12. The van der Waals surface area contributed by atoms with Crippen LogP contribution in [0.2, 0.25) is 20.4 Å². The highest BCUT2D eigenvalue weighted by Crippen LogP contribution is 2.46. The summed E-state index contributed by atoms with van der Waals surface area (Å²) in [5.41, 5.74) is 15.9. The average molecular weight is 1000 g/mol. The highest BCUT2D eigenvalue weighted by atomic mass is 35.5. The first-order chi connectivity index (χ1) is 32.2. The van der Waals surface area contributed by atoms with Crippen LogP contribution >= 0.6 is 46.4 Å². The third-order valence-electron chi connectivity index (χ3n) is 10.6. The molecule has 2 atom stereocenters. The topological polar surface area (TPSA) is 197 Å². The minimum Gasteiger partial charge on any atom is -0.506 e. The molecule has 0 aliphatic heterocycles. The van der Waals surface area contributed by atoms with Crippen LogP contribution in [0.5, 0.6) is 11.5 Å². The van der Waals surface area contributed by atoms with Crippen LogP contribution in [0.4, 0.5) is 20.4 Å². The first-order valence-electron chi connectivity index (χ1n) is 20.8. The van der Waals surface area contributed by atoms with Gasteiger partial charge in [-0.3, -0.25) is 18.8 Å². The van der Waals surface area contributed by atoms with Gasteiger partial charge in [-0.05, 0) is 52.0 Å². The molecule has 0 bridgehead atoms. The van der Waals surface area contributed by atoms with Crippen molar-refractivity contribution < 1.29 is 28.5 Å². The minimum absolute atomic E-state index is 0.0864. The Morgan fingerprint density at radius 1 is 0.618 bits per heavy atom. The maximum Gasteiger partial charge on any atom is 0.158 e. The van der Waals surface area contributed by atoms with Gasteiger partial charge in [-0.25, -0.2) is 28.7 Å². The van der Waals surface area contributed by atoms with Crippen molar-refractivity contribution in [3.8, 4) is 33.8 Å². The number of halogens is 6. The van der Waals surface area contributed by atoms with Gasteiger partial charge in [-0.15, -0.1) is 0 Å². The summed E-state index contributed by atoms with van der Waals surface area (Å²) >= 11 is 25.4. The van der Waals surface area contributed by atoms with Gasteiger partial charge in [0.2, 0.25) is 0 Å². The molecule has 20 heteroatoms. The summed E-state index contributed by atoms with van der Waals surface area (Å²) in [6.07, 6.45) is 8.83. The predicted molar refractivity (Wildman–Crippen MR) is 264 cm³/mol. The molecule has 68 heavy (non-hydrogen) atoms. The van der Waals surface area contributed by atoms with Crippen LogP contribution in [0.15, 0.2) is 86.7 Å². The van der Waals surface area contributed by atoms with E-state index in [1.54, 1.807) is 45.7 Å². The molecule has 0 fully saturated rings. The summed E-state index contributed by atoms with van der Waals surface area (Å²) in [7, 11) is 0. The second-order valence-corrected chi connectivity index (χ2v) is 17.6. The molecule has 0 aliphatic carbocycles. The van der Waals surface area contributed by atoms with Gasteiger partial charge in [-0.2, -0.15) is 0 Å². The summed E-state index contributed by atoms with van der Waals surface area (Å²) in [6, 6.07) is 9.37. The van der Waals surface area contributed by atoms with E-state index in [2.05, 4.69) is 43.1 Å². The third kappa shape index (κ3) is 9.54. The number of anilines is 2. The fourth-order valence-electron chi connectivity index (χ4n) is 7.54. The second kappa shape index (κ2) is 19.9. The number of aliphatic hydroxyl groups excluding tert-OH is 2. The Morgan fingerprint density at radius 3 is 1.29 bits per heavy atom. The Bertz CT molecular complexity index is 3020. The molecule has 0 amide bonds. The van der Waals surface area contributed by atoms with Gasteiger partial charge in [0.25, 0.3) is 0 Å². The van der Waals surface area contributed by atoms with E-state index in [1.165, 1.54) is 36.7 Å². The fraction of sp³-hybridized carbons (Fsp3) is 0.208. The zero-order chi connectivity index (χ0) is 49.5. The smallest absolute Gasteiger partial charge is 0.158 e. The lowest BCUT2D eigenvalue weighted by Crippen LogP contribution is -2.13. The predicted octanol–water partition coefficient (Wildman–Crippen LogP) is 12.6. The normalized spacial score (nSPS) is 12.3. The summed E-state index contributed by atoms with van der Waals surface area (Å²) in [5.74, 6) is -0.316. The molecule has 8 rings (SSSR count). The Morgan fingerprint density at radius 2 is 0.985 bits per heavy atom. The van der Waals surface area contributed by atoms with E-state index >= 15 is 8.78 Å². The molecule has 0 saturated heterocycles. The Balaban J connectivity index is 0.000000201. The van der Waals surface area contributed by atoms with Crippen LogP contribution in [0, 0.1) is 11.6 Å². The Labute approximate surface area is 409 Å². The molecular weight excluding hydrogens is 960 g/mol. The number of fused-ring (bicyclic) bond motifs is 2. The van der Waals surface area contributed by atoms with Crippen LogP contribution in [0.1, 0.15) is 87.5 Å². The number of rotatable bonds is 12. The average Bonchev–Trinajstić information content (AvgIpc) is 3.82. The Hall–Kier alpha value is -6.72. The van der Waals surface area contributed by atoms with E-state index in [0.29, 0.717) is 56.4 Å². The fourth-order valence-corrected chi connectivity index (χ4v) is 8.51. The molecule has 6 N–H and O–H groups in total. The van der Waals surface area contributed by atoms with E-state index in [9.17, 15) is 10.2 Å². The van der Waals surface area contributed by atoms with Gasteiger partial charge in [0.1, 0.15) is 57.1 Å². The number of nitrogen functional groups attached to an aromatic ring is 2. The Kier molecular flexibility index (Phi) is 14.4. The van der Waals surface area contributed by atoms with Crippen molar-refractivity contribution in [2.24, 2.45) is 0 Å². The van der Waals surface area contributed by atoms with Crippen LogP contribution in [-0.2, 0) is 0 Å². The number of benzene rings is 2. The van der Waals surface area contributed by atoms with Crippen molar-refractivity contribution >= 4 is 80.6 Å². The van der Waals surface area contributed by atoms with Gasteiger partial charge in [0.05, 0.1) is 33.4 Å². The summed E-state index contributed by atoms with van der Waals surface area (Å²) in [6.45, 7) is 18.1. The molecule has 0 saturated carbocycles. The number of nitrogens with two attached hydrogens (primary N) is 2. The van der Waals surface area contributed by atoms with Crippen LogP contribution < -0.4 is 20.9 Å². The van der Waals surface area contributed by atoms with E-state index in [-0.39, 0.29) is 78.2 Å². The standard InChI is InChI=1S/2C24H22Cl2FN5O2/c2*1-11(2)34-21-15(12(3)24-31-22(26)20-23(28)29-7-8-32(20)24)9-16(25)19(27)18(21)14-5-6-17(13(4)33)30-10-14/h2*5-12,33H,4H2,1-3H3,(H2,28,29)/t2*12-/m10/s1. The summed E-state index contributed by atoms with van der Waals surface area (Å²) in [5, 5.41) is 19.4. The zero-order valence-corrected chi connectivity index (χ0v) is 40.4. The number of hydrogen-bond donors (Lipinski definition) is 4.